The summed E-state index contributed by atoms with van der Waals surface area (Å²) in [6, 6.07) is 0.112. The highest BCUT2D eigenvalue weighted by Crippen LogP contribution is 2.28. The molecule has 2 N–H and O–H groups in total. The zero-order valence-corrected chi connectivity index (χ0v) is 12.6. The summed E-state index contributed by atoms with van der Waals surface area (Å²) in [6.07, 6.45) is 6.64. The van der Waals surface area contributed by atoms with Crippen LogP contribution in [0.1, 0.15) is 58.8 Å². The zero-order chi connectivity index (χ0) is 13.6. The van der Waals surface area contributed by atoms with Gasteiger partial charge in [-0.25, -0.2) is 8.42 Å². The first-order chi connectivity index (χ1) is 8.57. The minimum atomic E-state index is -3.16. The summed E-state index contributed by atoms with van der Waals surface area (Å²) < 4.78 is 27.1. The third kappa shape index (κ3) is 3.68. The molecule has 4 nitrogen and oxygen atoms in total. The van der Waals surface area contributed by atoms with Gasteiger partial charge in [0.25, 0.3) is 0 Å². The molecule has 5 heteroatoms. The molecule has 1 fully saturated rings. The van der Waals surface area contributed by atoms with E-state index < -0.39 is 10.0 Å². The van der Waals surface area contributed by atoms with Gasteiger partial charge in [-0.15, -0.1) is 0 Å². The Morgan fingerprint density at radius 3 is 2.17 bits per heavy atom. The molecule has 0 heterocycles. The molecule has 0 aromatic rings. The van der Waals surface area contributed by atoms with Gasteiger partial charge in [-0.1, -0.05) is 33.1 Å². The zero-order valence-electron chi connectivity index (χ0n) is 11.8. The molecule has 0 aromatic heterocycles. The van der Waals surface area contributed by atoms with Crippen molar-refractivity contribution in [1.29, 1.82) is 0 Å². The molecule has 0 radical (unpaired) electrons. The van der Waals surface area contributed by atoms with E-state index in [-0.39, 0.29) is 11.3 Å². The normalized spacial score (nSPS) is 18.7. The summed E-state index contributed by atoms with van der Waals surface area (Å²) in [4.78, 5) is 0. The van der Waals surface area contributed by atoms with E-state index in [0.717, 1.165) is 38.5 Å². The topological polar surface area (TPSA) is 63.4 Å². The fraction of sp³-hybridized carbons (Fsp3) is 1.00. The van der Waals surface area contributed by atoms with Crippen LogP contribution in [0.15, 0.2) is 0 Å². The molecule has 0 aliphatic heterocycles. The first-order valence-electron chi connectivity index (χ1n) is 7.28. The van der Waals surface area contributed by atoms with Gasteiger partial charge < -0.3 is 5.73 Å². The van der Waals surface area contributed by atoms with Crippen molar-refractivity contribution in [3.63, 3.8) is 0 Å². The second kappa shape index (κ2) is 7.46. The van der Waals surface area contributed by atoms with Crippen molar-refractivity contribution in [1.82, 2.24) is 4.31 Å². The van der Waals surface area contributed by atoms with Gasteiger partial charge in [-0.3, -0.25) is 0 Å². The van der Waals surface area contributed by atoms with Crippen LogP contribution in [0, 0.1) is 0 Å². The maximum absolute atomic E-state index is 12.7. The Hall–Kier alpha value is -0.130. The van der Waals surface area contributed by atoms with E-state index in [1.54, 1.807) is 4.31 Å². The average Bonchev–Trinajstić information content (AvgIpc) is 2.40. The number of rotatable bonds is 7. The Balaban J connectivity index is 2.87. The van der Waals surface area contributed by atoms with Crippen molar-refractivity contribution >= 4 is 10.0 Å². The molecule has 0 saturated heterocycles. The monoisotopic (exact) mass is 276 g/mol. The predicted molar refractivity (Wildman–Crippen MR) is 75.9 cm³/mol. The van der Waals surface area contributed by atoms with Gasteiger partial charge in [0.2, 0.25) is 10.0 Å². The minimum absolute atomic E-state index is 0.112. The molecule has 0 aromatic carbocycles. The summed E-state index contributed by atoms with van der Waals surface area (Å²) in [7, 11) is -3.16. The maximum atomic E-state index is 12.7. The molecule has 18 heavy (non-hydrogen) atoms. The first kappa shape index (κ1) is 15.9. The second-order valence-corrected chi connectivity index (χ2v) is 7.34. The lowest BCUT2D eigenvalue weighted by Gasteiger charge is -2.34. The van der Waals surface area contributed by atoms with Gasteiger partial charge in [0.1, 0.15) is 0 Å². The second-order valence-electron chi connectivity index (χ2n) is 5.17. The molecule has 0 atom stereocenters. The van der Waals surface area contributed by atoms with Crippen molar-refractivity contribution in [2.75, 3.05) is 13.1 Å². The standard InChI is InChI=1S/C13H28N2O2S/c1-3-12(4-2)15(11-10-14)18(16,17)13-8-6-5-7-9-13/h12-13H,3-11,14H2,1-2H3. The summed E-state index contributed by atoms with van der Waals surface area (Å²) in [5.41, 5.74) is 5.60. The van der Waals surface area contributed by atoms with Crippen LogP contribution < -0.4 is 5.73 Å². The molecule has 108 valence electrons. The van der Waals surface area contributed by atoms with Crippen LogP contribution in [0.3, 0.4) is 0 Å². The van der Waals surface area contributed by atoms with Gasteiger partial charge in [0.15, 0.2) is 0 Å². The predicted octanol–water partition coefficient (Wildman–Crippen LogP) is 2.10. The molecular formula is C13H28N2O2S. The Kier molecular flexibility index (Phi) is 6.60. The summed E-state index contributed by atoms with van der Waals surface area (Å²) >= 11 is 0. The van der Waals surface area contributed by atoms with Crippen molar-refractivity contribution in [2.45, 2.75) is 70.1 Å². The van der Waals surface area contributed by atoms with Gasteiger partial charge in [-0.05, 0) is 25.7 Å². The van der Waals surface area contributed by atoms with E-state index in [1.165, 1.54) is 6.42 Å². The van der Waals surface area contributed by atoms with Crippen LogP contribution in [0.4, 0.5) is 0 Å². The fourth-order valence-electron chi connectivity index (χ4n) is 2.90. The van der Waals surface area contributed by atoms with Gasteiger partial charge in [0.05, 0.1) is 5.25 Å². The molecule has 1 saturated carbocycles. The third-order valence-corrected chi connectivity index (χ3v) is 6.45. The fourth-order valence-corrected chi connectivity index (χ4v) is 5.28. The van der Waals surface area contributed by atoms with Crippen LogP contribution >= 0.6 is 0 Å². The van der Waals surface area contributed by atoms with Crippen LogP contribution in [-0.4, -0.2) is 37.1 Å². The quantitative estimate of drug-likeness (QED) is 0.774. The molecule has 1 rings (SSSR count). The molecule has 1 aliphatic carbocycles. The van der Waals surface area contributed by atoms with E-state index in [1.807, 2.05) is 13.8 Å². The Morgan fingerprint density at radius 2 is 1.72 bits per heavy atom. The highest BCUT2D eigenvalue weighted by atomic mass is 32.2. The first-order valence-corrected chi connectivity index (χ1v) is 8.78. The average molecular weight is 276 g/mol. The lowest BCUT2D eigenvalue weighted by Crippen LogP contribution is -2.47. The summed E-state index contributed by atoms with van der Waals surface area (Å²) in [5, 5.41) is -0.168. The number of nitrogens with zero attached hydrogens (tertiary/aromatic N) is 1. The Morgan fingerprint density at radius 1 is 1.17 bits per heavy atom. The Labute approximate surface area is 112 Å². The highest BCUT2D eigenvalue weighted by molar-refractivity contribution is 7.89. The number of nitrogens with two attached hydrogens (primary N) is 1. The molecule has 0 unspecified atom stereocenters. The molecule has 0 spiro atoms. The van der Waals surface area contributed by atoms with Gasteiger partial charge in [-0.2, -0.15) is 4.31 Å². The molecule has 1 aliphatic rings. The highest BCUT2D eigenvalue weighted by Gasteiger charge is 2.35. The van der Waals surface area contributed by atoms with E-state index in [4.69, 9.17) is 5.73 Å². The smallest absolute Gasteiger partial charge is 0.217 e. The molecule has 0 amide bonds. The van der Waals surface area contributed by atoms with Crippen LogP contribution in [-0.2, 0) is 10.0 Å². The van der Waals surface area contributed by atoms with Gasteiger partial charge in [0, 0.05) is 19.1 Å². The molecular weight excluding hydrogens is 248 g/mol. The van der Waals surface area contributed by atoms with Crippen LogP contribution in [0.2, 0.25) is 0 Å². The van der Waals surface area contributed by atoms with E-state index in [2.05, 4.69) is 0 Å². The van der Waals surface area contributed by atoms with Gasteiger partial charge >= 0.3 is 0 Å². The van der Waals surface area contributed by atoms with Crippen LogP contribution in [0.25, 0.3) is 0 Å². The number of hydrogen-bond donors (Lipinski definition) is 1. The van der Waals surface area contributed by atoms with Crippen LogP contribution in [0.5, 0.6) is 0 Å². The lowest BCUT2D eigenvalue weighted by atomic mass is 10.0. The van der Waals surface area contributed by atoms with Crippen molar-refractivity contribution in [3.05, 3.63) is 0 Å². The molecule has 0 bridgehead atoms. The summed E-state index contributed by atoms with van der Waals surface area (Å²) in [6.45, 7) is 4.97. The van der Waals surface area contributed by atoms with Crippen molar-refractivity contribution in [3.8, 4) is 0 Å². The summed E-state index contributed by atoms with van der Waals surface area (Å²) in [5.74, 6) is 0. The van der Waals surface area contributed by atoms with Crippen molar-refractivity contribution < 1.29 is 8.42 Å². The minimum Gasteiger partial charge on any atom is -0.329 e. The van der Waals surface area contributed by atoms with Crippen molar-refractivity contribution in [2.24, 2.45) is 5.73 Å². The lowest BCUT2D eigenvalue weighted by molar-refractivity contribution is 0.300. The third-order valence-electron chi connectivity index (χ3n) is 4.00. The van der Waals surface area contributed by atoms with E-state index >= 15 is 0 Å². The SMILES string of the molecule is CCC(CC)N(CCN)S(=O)(=O)C1CCCCC1. The van der Waals surface area contributed by atoms with E-state index in [9.17, 15) is 8.42 Å². The largest absolute Gasteiger partial charge is 0.329 e. The number of sulfonamides is 1. The number of hydrogen-bond acceptors (Lipinski definition) is 3. The maximum Gasteiger partial charge on any atom is 0.217 e. The Bertz CT molecular complexity index is 320. The van der Waals surface area contributed by atoms with E-state index in [0.29, 0.717) is 13.1 Å².